The van der Waals surface area contributed by atoms with Crippen molar-refractivity contribution in [2.24, 2.45) is 0 Å². The molecule has 2 N–H and O–H groups in total. The van der Waals surface area contributed by atoms with Crippen LogP contribution in [0.1, 0.15) is 18.3 Å². The van der Waals surface area contributed by atoms with Crippen molar-refractivity contribution in [2.45, 2.75) is 26.0 Å². The lowest BCUT2D eigenvalue weighted by molar-refractivity contribution is 0.0335. The third-order valence-corrected chi connectivity index (χ3v) is 3.28. The molecule has 5 nitrogen and oxygen atoms in total. The molecule has 0 saturated carbocycles. The highest BCUT2D eigenvalue weighted by Gasteiger charge is 2.21. The van der Waals surface area contributed by atoms with E-state index in [2.05, 4.69) is 14.7 Å². The van der Waals surface area contributed by atoms with Crippen molar-refractivity contribution < 1.29 is 5.11 Å². The summed E-state index contributed by atoms with van der Waals surface area (Å²) in [4.78, 5) is 6.52. The quantitative estimate of drug-likeness (QED) is 0.828. The van der Waals surface area contributed by atoms with E-state index < -0.39 is 5.60 Å². The Kier molecular flexibility index (Phi) is 4.42. The maximum absolute atomic E-state index is 10.3. The van der Waals surface area contributed by atoms with E-state index in [1.54, 1.807) is 0 Å². The molecule has 0 fully saturated rings. The van der Waals surface area contributed by atoms with E-state index in [1.807, 2.05) is 57.2 Å². The number of nitrogens with zero attached hydrogens (tertiary/aromatic N) is 3. The second-order valence-electron chi connectivity index (χ2n) is 5.91. The van der Waals surface area contributed by atoms with Crippen LogP contribution in [0.5, 0.6) is 0 Å². The molecule has 0 amide bonds. The van der Waals surface area contributed by atoms with E-state index in [0.29, 0.717) is 19.6 Å². The van der Waals surface area contributed by atoms with Crippen LogP contribution in [0.2, 0.25) is 0 Å². The molecular formula is C15H24N4O. The van der Waals surface area contributed by atoms with Crippen molar-refractivity contribution in [1.82, 2.24) is 19.6 Å². The molecule has 0 aromatic carbocycles. The topological polar surface area (TPSA) is 52.8 Å². The van der Waals surface area contributed by atoms with Gasteiger partial charge in [0.25, 0.3) is 0 Å². The number of likely N-dealkylation sites (N-methyl/N-ethyl adjacent to an activating group) is 1. The molecule has 2 aromatic heterocycles. The predicted octanol–water partition coefficient (Wildman–Crippen LogP) is 1.04. The number of pyridine rings is 1. The van der Waals surface area contributed by atoms with E-state index in [1.165, 1.54) is 0 Å². The van der Waals surface area contributed by atoms with Crippen LogP contribution < -0.4 is 5.32 Å². The van der Waals surface area contributed by atoms with Crippen LogP contribution in [0, 0.1) is 6.92 Å². The summed E-state index contributed by atoms with van der Waals surface area (Å²) in [6.45, 7) is 5.74. The van der Waals surface area contributed by atoms with Gasteiger partial charge in [-0.15, -0.1) is 0 Å². The fourth-order valence-electron chi connectivity index (χ4n) is 2.56. The smallest absolute Gasteiger partial charge is 0.137 e. The standard InChI is InChI=1S/C15H24N4O/c1-12-13(19-8-6-5-7-14(19)17-12)9-16-10-15(2,20)11-18(3)4/h5-8,16,20H,9-11H2,1-4H3. The second-order valence-corrected chi connectivity index (χ2v) is 5.91. The Morgan fingerprint density at radius 1 is 1.40 bits per heavy atom. The zero-order chi connectivity index (χ0) is 14.8. The second kappa shape index (κ2) is 5.91. The van der Waals surface area contributed by atoms with Crippen molar-refractivity contribution in [3.63, 3.8) is 0 Å². The van der Waals surface area contributed by atoms with Crippen molar-refractivity contribution in [2.75, 3.05) is 27.2 Å². The van der Waals surface area contributed by atoms with Gasteiger partial charge in [-0.1, -0.05) is 6.07 Å². The van der Waals surface area contributed by atoms with Gasteiger partial charge in [0, 0.05) is 25.8 Å². The molecular weight excluding hydrogens is 252 g/mol. The molecule has 0 aliphatic heterocycles. The summed E-state index contributed by atoms with van der Waals surface area (Å²) in [5, 5.41) is 13.6. The minimum atomic E-state index is -0.738. The summed E-state index contributed by atoms with van der Waals surface area (Å²) in [7, 11) is 3.92. The van der Waals surface area contributed by atoms with Gasteiger partial charge in [-0.2, -0.15) is 0 Å². The van der Waals surface area contributed by atoms with Gasteiger partial charge in [-0.3, -0.25) is 0 Å². The van der Waals surface area contributed by atoms with Gasteiger partial charge in [0.2, 0.25) is 0 Å². The number of aliphatic hydroxyl groups is 1. The number of aryl methyl sites for hydroxylation is 1. The highest BCUT2D eigenvalue weighted by atomic mass is 16.3. The van der Waals surface area contributed by atoms with Crippen molar-refractivity contribution in [1.29, 1.82) is 0 Å². The summed E-state index contributed by atoms with van der Waals surface area (Å²) in [6.07, 6.45) is 2.02. The first-order valence-corrected chi connectivity index (χ1v) is 6.89. The molecule has 5 heteroatoms. The van der Waals surface area contributed by atoms with Gasteiger partial charge in [0.15, 0.2) is 0 Å². The maximum Gasteiger partial charge on any atom is 0.137 e. The van der Waals surface area contributed by atoms with Gasteiger partial charge in [0.1, 0.15) is 5.65 Å². The fraction of sp³-hybridized carbons (Fsp3) is 0.533. The lowest BCUT2D eigenvalue weighted by Crippen LogP contribution is -2.45. The van der Waals surface area contributed by atoms with Crippen LogP contribution in [-0.2, 0) is 6.54 Å². The molecule has 0 aliphatic rings. The Hall–Kier alpha value is -1.43. The largest absolute Gasteiger partial charge is 0.388 e. The van der Waals surface area contributed by atoms with Gasteiger partial charge in [0.05, 0.1) is 17.0 Å². The Labute approximate surface area is 120 Å². The summed E-state index contributed by atoms with van der Waals surface area (Å²) in [5.74, 6) is 0. The summed E-state index contributed by atoms with van der Waals surface area (Å²) in [5.41, 5.74) is 2.39. The van der Waals surface area contributed by atoms with Gasteiger partial charge in [-0.05, 0) is 40.1 Å². The van der Waals surface area contributed by atoms with E-state index in [4.69, 9.17) is 0 Å². The first-order valence-electron chi connectivity index (χ1n) is 6.89. The molecule has 0 saturated heterocycles. The Morgan fingerprint density at radius 3 is 2.85 bits per heavy atom. The molecule has 0 bridgehead atoms. The number of imidazole rings is 1. The van der Waals surface area contributed by atoms with E-state index >= 15 is 0 Å². The predicted molar refractivity (Wildman–Crippen MR) is 80.8 cm³/mol. The minimum absolute atomic E-state index is 0.546. The molecule has 2 heterocycles. The first-order chi connectivity index (χ1) is 9.39. The first kappa shape index (κ1) is 15.0. The minimum Gasteiger partial charge on any atom is -0.388 e. The molecule has 1 unspecified atom stereocenters. The fourth-order valence-corrected chi connectivity index (χ4v) is 2.56. The normalized spacial score (nSPS) is 14.9. The monoisotopic (exact) mass is 276 g/mol. The van der Waals surface area contributed by atoms with Gasteiger partial charge in [-0.25, -0.2) is 4.98 Å². The van der Waals surface area contributed by atoms with Crippen LogP contribution in [0.3, 0.4) is 0 Å². The van der Waals surface area contributed by atoms with Crippen molar-refractivity contribution >= 4 is 5.65 Å². The van der Waals surface area contributed by atoms with Crippen LogP contribution in [0.15, 0.2) is 24.4 Å². The van der Waals surface area contributed by atoms with Crippen molar-refractivity contribution in [3.8, 4) is 0 Å². The molecule has 20 heavy (non-hydrogen) atoms. The van der Waals surface area contributed by atoms with Gasteiger partial charge < -0.3 is 19.7 Å². The van der Waals surface area contributed by atoms with Gasteiger partial charge >= 0.3 is 0 Å². The van der Waals surface area contributed by atoms with Crippen LogP contribution in [0.25, 0.3) is 5.65 Å². The SMILES string of the molecule is Cc1nc2ccccn2c1CNCC(C)(O)CN(C)C. The summed E-state index contributed by atoms with van der Waals surface area (Å²) in [6, 6.07) is 5.99. The molecule has 0 aliphatic carbocycles. The van der Waals surface area contributed by atoms with Crippen LogP contribution in [-0.4, -0.2) is 52.2 Å². The number of aromatic nitrogens is 2. The number of nitrogens with one attached hydrogen (secondary N) is 1. The van der Waals surface area contributed by atoms with E-state index in [9.17, 15) is 5.11 Å². The summed E-state index contributed by atoms with van der Waals surface area (Å²) < 4.78 is 2.09. The maximum atomic E-state index is 10.3. The highest BCUT2D eigenvalue weighted by molar-refractivity contribution is 5.42. The molecule has 2 rings (SSSR count). The summed E-state index contributed by atoms with van der Waals surface area (Å²) >= 11 is 0. The number of rotatable bonds is 6. The average molecular weight is 276 g/mol. The van der Waals surface area contributed by atoms with Crippen LogP contribution >= 0.6 is 0 Å². The third kappa shape index (κ3) is 3.56. The van der Waals surface area contributed by atoms with E-state index in [-0.39, 0.29) is 0 Å². The zero-order valence-corrected chi connectivity index (χ0v) is 12.7. The van der Waals surface area contributed by atoms with Crippen molar-refractivity contribution in [3.05, 3.63) is 35.8 Å². The number of hydrogen-bond acceptors (Lipinski definition) is 4. The Balaban J connectivity index is 2.01. The molecule has 0 spiro atoms. The lowest BCUT2D eigenvalue weighted by Gasteiger charge is -2.27. The Bertz CT molecular complexity index is 574. The highest BCUT2D eigenvalue weighted by Crippen LogP contribution is 2.12. The average Bonchev–Trinajstić information content (AvgIpc) is 2.64. The molecule has 1 atom stereocenters. The number of fused-ring (bicyclic) bond motifs is 1. The molecule has 2 aromatic rings. The van der Waals surface area contributed by atoms with Crippen LogP contribution in [0.4, 0.5) is 0 Å². The molecule has 110 valence electrons. The zero-order valence-electron chi connectivity index (χ0n) is 12.7. The Morgan fingerprint density at radius 2 is 2.15 bits per heavy atom. The lowest BCUT2D eigenvalue weighted by atomic mass is 10.1. The number of hydrogen-bond donors (Lipinski definition) is 2. The molecule has 0 radical (unpaired) electrons. The third-order valence-electron chi connectivity index (χ3n) is 3.28. The van der Waals surface area contributed by atoms with E-state index in [0.717, 1.165) is 17.0 Å².